The first-order valence-electron chi connectivity index (χ1n) is 5.12. The van der Waals surface area contributed by atoms with E-state index in [4.69, 9.17) is 10.2 Å². The van der Waals surface area contributed by atoms with Gasteiger partial charge < -0.3 is 15.5 Å². The average molecular weight is 300 g/mol. The molecule has 1 aromatic rings. The number of carbonyl (C=O) groups excluding carboxylic acids is 1. The topological polar surface area (TPSA) is 69.6 Å². The predicted octanol–water partition coefficient (Wildman–Crippen LogP) is 0.932. The highest BCUT2D eigenvalue weighted by atomic mass is 79.9. The number of aliphatic hydroxyl groups is 2. The van der Waals surface area contributed by atoms with Crippen LogP contribution in [0.5, 0.6) is 0 Å². The van der Waals surface area contributed by atoms with E-state index in [1.165, 1.54) is 6.08 Å². The summed E-state index contributed by atoms with van der Waals surface area (Å²) < 4.78 is 0.941. The highest BCUT2D eigenvalue weighted by molar-refractivity contribution is 9.10. The Kier molecular flexibility index (Phi) is 5.90. The van der Waals surface area contributed by atoms with Gasteiger partial charge in [0.05, 0.1) is 12.7 Å². The van der Waals surface area contributed by atoms with E-state index in [0.717, 1.165) is 10.0 Å². The van der Waals surface area contributed by atoms with Gasteiger partial charge in [-0.1, -0.05) is 28.1 Å². The van der Waals surface area contributed by atoms with E-state index < -0.39 is 6.10 Å². The molecule has 0 heterocycles. The molecule has 17 heavy (non-hydrogen) atoms. The molecule has 4 nitrogen and oxygen atoms in total. The largest absolute Gasteiger partial charge is 0.394 e. The van der Waals surface area contributed by atoms with Crippen molar-refractivity contribution in [1.82, 2.24) is 5.32 Å². The van der Waals surface area contributed by atoms with Crippen LogP contribution in [0.1, 0.15) is 5.56 Å². The summed E-state index contributed by atoms with van der Waals surface area (Å²) in [6.45, 7) is -0.326. The number of rotatable bonds is 5. The third kappa shape index (κ3) is 5.63. The van der Waals surface area contributed by atoms with Crippen LogP contribution in [0.3, 0.4) is 0 Å². The molecule has 0 radical (unpaired) electrons. The Hall–Kier alpha value is -1.17. The molecule has 1 aromatic carbocycles. The van der Waals surface area contributed by atoms with E-state index in [-0.39, 0.29) is 19.1 Å². The Bertz CT molecular complexity index is 406. The summed E-state index contributed by atoms with van der Waals surface area (Å²) in [5.74, 6) is -0.308. The molecule has 0 aliphatic carbocycles. The number of carbonyl (C=O) groups is 1. The van der Waals surface area contributed by atoms with E-state index in [2.05, 4.69) is 21.2 Å². The predicted molar refractivity (Wildman–Crippen MR) is 69.3 cm³/mol. The molecule has 0 saturated heterocycles. The Morgan fingerprint density at radius 3 is 2.94 bits per heavy atom. The highest BCUT2D eigenvalue weighted by Gasteiger charge is 2.02. The molecule has 0 saturated carbocycles. The van der Waals surface area contributed by atoms with Gasteiger partial charge >= 0.3 is 0 Å². The second kappa shape index (κ2) is 7.21. The van der Waals surface area contributed by atoms with Crippen LogP contribution in [-0.4, -0.2) is 35.4 Å². The zero-order valence-corrected chi connectivity index (χ0v) is 10.7. The Labute approximate surface area is 108 Å². The SMILES string of the molecule is O=C(C=Cc1cccc(Br)c1)NCC(O)CO. The first-order valence-corrected chi connectivity index (χ1v) is 5.91. The van der Waals surface area contributed by atoms with Crippen molar-refractivity contribution in [2.75, 3.05) is 13.2 Å². The van der Waals surface area contributed by atoms with Gasteiger partial charge in [0, 0.05) is 17.1 Å². The number of benzene rings is 1. The lowest BCUT2D eigenvalue weighted by Crippen LogP contribution is -2.32. The second-order valence-electron chi connectivity index (χ2n) is 3.47. The van der Waals surface area contributed by atoms with Crippen LogP contribution >= 0.6 is 15.9 Å². The van der Waals surface area contributed by atoms with Crippen LogP contribution in [0.4, 0.5) is 0 Å². The van der Waals surface area contributed by atoms with Gasteiger partial charge in [-0.3, -0.25) is 4.79 Å². The molecular weight excluding hydrogens is 286 g/mol. The minimum absolute atomic E-state index is 0.0398. The lowest BCUT2D eigenvalue weighted by Gasteiger charge is -2.06. The summed E-state index contributed by atoms with van der Waals surface area (Å²) in [5, 5.41) is 20.1. The third-order valence-electron chi connectivity index (χ3n) is 2.00. The van der Waals surface area contributed by atoms with Gasteiger partial charge in [0.1, 0.15) is 0 Å². The summed E-state index contributed by atoms with van der Waals surface area (Å²) in [6.07, 6.45) is 2.13. The third-order valence-corrected chi connectivity index (χ3v) is 2.49. The normalized spacial score (nSPS) is 12.6. The van der Waals surface area contributed by atoms with Gasteiger partial charge in [-0.2, -0.15) is 0 Å². The number of nitrogens with one attached hydrogen (secondary N) is 1. The van der Waals surface area contributed by atoms with E-state index >= 15 is 0 Å². The van der Waals surface area contributed by atoms with Crippen LogP contribution < -0.4 is 5.32 Å². The first kappa shape index (κ1) is 13.9. The fourth-order valence-corrected chi connectivity index (χ4v) is 1.54. The number of hydrogen-bond acceptors (Lipinski definition) is 3. The minimum atomic E-state index is -0.918. The quantitative estimate of drug-likeness (QED) is 0.709. The molecule has 0 bridgehead atoms. The Balaban J connectivity index is 2.45. The van der Waals surface area contributed by atoms with Crippen molar-refractivity contribution >= 4 is 27.9 Å². The number of amides is 1. The van der Waals surface area contributed by atoms with Crippen molar-refractivity contribution in [1.29, 1.82) is 0 Å². The van der Waals surface area contributed by atoms with Crippen molar-refractivity contribution in [2.24, 2.45) is 0 Å². The van der Waals surface area contributed by atoms with Gasteiger partial charge in [-0.05, 0) is 23.8 Å². The molecule has 5 heteroatoms. The number of hydrogen-bond donors (Lipinski definition) is 3. The summed E-state index contributed by atoms with van der Waals surface area (Å²) in [6, 6.07) is 7.52. The summed E-state index contributed by atoms with van der Waals surface area (Å²) >= 11 is 3.33. The molecule has 92 valence electrons. The molecule has 1 amide bonds. The maximum atomic E-state index is 11.3. The van der Waals surface area contributed by atoms with Crippen molar-refractivity contribution in [3.05, 3.63) is 40.4 Å². The molecule has 0 aliphatic heterocycles. The second-order valence-corrected chi connectivity index (χ2v) is 4.39. The monoisotopic (exact) mass is 299 g/mol. The zero-order chi connectivity index (χ0) is 12.7. The highest BCUT2D eigenvalue weighted by Crippen LogP contribution is 2.12. The molecule has 1 atom stereocenters. The number of aliphatic hydroxyl groups excluding tert-OH is 2. The van der Waals surface area contributed by atoms with Gasteiger partial charge in [0.25, 0.3) is 0 Å². The van der Waals surface area contributed by atoms with Gasteiger partial charge in [0.2, 0.25) is 5.91 Å². The molecule has 1 rings (SSSR count). The van der Waals surface area contributed by atoms with E-state index in [1.54, 1.807) is 6.08 Å². The van der Waals surface area contributed by atoms with Crippen LogP contribution in [0.25, 0.3) is 6.08 Å². The van der Waals surface area contributed by atoms with Gasteiger partial charge in [-0.15, -0.1) is 0 Å². The average Bonchev–Trinajstić information content (AvgIpc) is 2.33. The smallest absolute Gasteiger partial charge is 0.244 e. The molecule has 0 aromatic heterocycles. The Morgan fingerprint density at radius 2 is 2.29 bits per heavy atom. The number of halogens is 1. The molecular formula is C12H14BrNO3. The van der Waals surface area contributed by atoms with Crippen molar-refractivity contribution in [2.45, 2.75) is 6.10 Å². The zero-order valence-electron chi connectivity index (χ0n) is 9.14. The lowest BCUT2D eigenvalue weighted by atomic mass is 10.2. The summed E-state index contributed by atoms with van der Waals surface area (Å²) in [4.78, 5) is 11.3. The van der Waals surface area contributed by atoms with Crippen molar-refractivity contribution < 1.29 is 15.0 Å². The molecule has 0 spiro atoms. The van der Waals surface area contributed by atoms with Crippen LogP contribution in [0, 0.1) is 0 Å². The van der Waals surface area contributed by atoms with Gasteiger partial charge in [0.15, 0.2) is 0 Å². The van der Waals surface area contributed by atoms with Crippen molar-refractivity contribution in [3.8, 4) is 0 Å². The fraction of sp³-hybridized carbons (Fsp3) is 0.250. The van der Waals surface area contributed by atoms with Crippen LogP contribution in [0.15, 0.2) is 34.8 Å². The first-order chi connectivity index (χ1) is 8.11. The Morgan fingerprint density at radius 1 is 1.53 bits per heavy atom. The van der Waals surface area contributed by atoms with E-state index in [9.17, 15) is 4.79 Å². The molecule has 1 unspecified atom stereocenters. The standard InChI is InChI=1S/C12H14BrNO3/c13-10-3-1-2-9(6-10)4-5-12(17)14-7-11(16)8-15/h1-6,11,15-16H,7-8H2,(H,14,17). The molecule has 3 N–H and O–H groups in total. The lowest BCUT2D eigenvalue weighted by molar-refractivity contribution is -0.117. The molecule has 0 aliphatic rings. The van der Waals surface area contributed by atoms with E-state index in [0.29, 0.717) is 0 Å². The van der Waals surface area contributed by atoms with Crippen LogP contribution in [0.2, 0.25) is 0 Å². The van der Waals surface area contributed by atoms with E-state index in [1.807, 2.05) is 24.3 Å². The fourth-order valence-electron chi connectivity index (χ4n) is 1.12. The van der Waals surface area contributed by atoms with Crippen LogP contribution in [-0.2, 0) is 4.79 Å². The minimum Gasteiger partial charge on any atom is -0.394 e. The molecule has 0 fully saturated rings. The van der Waals surface area contributed by atoms with Gasteiger partial charge in [-0.25, -0.2) is 0 Å². The maximum Gasteiger partial charge on any atom is 0.244 e. The summed E-state index contributed by atoms with van der Waals surface area (Å²) in [5.41, 5.74) is 0.900. The summed E-state index contributed by atoms with van der Waals surface area (Å²) in [7, 11) is 0. The van der Waals surface area contributed by atoms with Crippen molar-refractivity contribution in [3.63, 3.8) is 0 Å². The maximum absolute atomic E-state index is 11.3.